The topological polar surface area (TPSA) is 49.3 Å². The lowest BCUT2D eigenvalue weighted by Crippen LogP contribution is -2.35. The zero-order chi connectivity index (χ0) is 16.7. The summed E-state index contributed by atoms with van der Waals surface area (Å²) in [5.41, 5.74) is 3.48. The summed E-state index contributed by atoms with van der Waals surface area (Å²) in [6.07, 6.45) is 4.86. The molecule has 0 saturated carbocycles. The van der Waals surface area contributed by atoms with Crippen molar-refractivity contribution < 1.29 is 4.79 Å². The number of aromatic nitrogens is 2. The second-order valence-electron chi connectivity index (χ2n) is 7.11. The van der Waals surface area contributed by atoms with Gasteiger partial charge in [0.2, 0.25) is 5.91 Å². The number of carbonyl (C=O) groups is 1. The first kappa shape index (κ1) is 15.4. The number of carbonyl (C=O) groups excluding carboxylic acids is 1. The van der Waals surface area contributed by atoms with Gasteiger partial charge in [-0.25, -0.2) is 9.97 Å². The third kappa shape index (κ3) is 2.62. The standard InChI is InChI=1S/C19H24N4O/c1-13-9-16-17(10-14(13)2)20-12-21-18(16)23-8-5-15(11-23)19(24)22-6-3-4-7-22/h9-10,12,15H,3-8,11H2,1-2H3. The van der Waals surface area contributed by atoms with Crippen LogP contribution in [0.1, 0.15) is 30.4 Å². The van der Waals surface area contributed by atoms with Gasteiger partial charge in [0.15, 0.2) is 0 Å². The fraction of sp³-hybridized carbons (Fsp3) is 0.526. The maximum Gasteiger partial charge on any atom is 0.227 e. The number of benzene rings is 1. The van der Waals surface area contributed by atoms with Crippen LogP contribution in [0.25, 0.3) is 10.9 Å². The van der Waals surface area contributed by atoms with Gasteiger partial charge in [0.05, 0.1) is 11.4 Å². The number of nitrogens with zero attached hydrogens (tertiary/aromatic N) is 4. The van der Waals surface area contributed by atoms with Crippen molar-refractivity contribution in [3.8, 4) is 0 Å². The fourth-order valence-corrected chi connectivity index (χ4v) is 3.90. The summed E-state index contributed by atoms with van der Waals surface area (Å²) in [7, 11) is 0. The Morgan fingerprint density at radius 1 is 1.08 bits per heavy atom. The van der Waals surface area contributed by atoms with Gasteiger partial charge < -0.3 is 9.80 Å². The summed E-state index contributed by atoms with van der Waals surface area (Å²) in [5, 5.41) is 1.09. The molecule has 0 radical (unpaired) electrons. The molecule has 2 aliphatic rings. The van der Waals surface area contributed by atoms with Gasteiger partial charge in [-0.15, -0.1) is 0 Å². The Morgan fingerprint density at radius 3 is 2.62 bits per heavy atom. The number of anilines is 1. The molecule has 2 saturated heterocycles. The minimum atomic E-state index is 0.111. The van der Waals surface area contributed by atoms with Crippen LogP contribution in [0.2, 0.25) is 0 Å². The smallest absolute Gasteiger partial charge is 0.227 e. The van der Waals surface area contributed by atoms with E-state index < -0.39 is 0 Å². The highest BCUT2D eigenvalue weighted by atomic mass is 16.2. The second kappa shape index (κ2) is 6.04. The maximum absolute atomic E-state index is 12.7. The average molecular weight is 324 g/mol. The van der Waals surface area contributed by atoms with Crippen LogP contribution in [-0.2, 0) is 4.79 Å². The minimum Gasteiger partial charge on any atom is -0.355 e. The largest absolute Gasteiger partial charge is 0.355 e. The van der Waals surface area contributed by atoms with Crippen molar-refractivity contribution in [1.82, 2.24) is 14.9 Å². The summed E-state index contributed by atoms with van der Waals surface area (Å²) < 4.78 is 0. The predicted molar refractivity (Wildman–Crippen MR) is 95.1 cm³/mol. The molecule has 1 aromatic heterocycles. The van der Waals surface area contributed by atoms with Gasteiger partial charge in [0.1, 0.15) is 12.1 Å². The molecular formula is C19H24N4O. The van der Waals surface area contributed by atoms with Crippen molar-refractivity contribution in [2.24, 2.45) is 5.92 Å². The Balaban J connectivity index is 1.60. The molecule has 3 heterocycles. The fourth-order valence-electron chi connectivity index (χ4n) is 3.90. The molecular weight excluding hydrogens is 300 g/mol. The maximum atomic E-state index is 12.7. The van der Waals surface area contributed by atoms with Gasteiger partial charge in [0.25, 0.3) is 0 Å². The molecule has 126 valence electrons. The molecule has 1 unspecified atom stereocenters. The summed E-state index contributed by atoms with van der Waals surface area (Å²) in [5.74, 6) is 1.42. The van der Waals surface area contributed by atoms with E-state index in [2.05, 4.69) is 40.8 Å². The van der Waals surface area contributed by atoms with E-state index in [0.717, 1.165) is 62.2 Å². The number of hydrogen-bond acceptors (Lipinski definition) is 4. The number of aryl methyl sites for hydroxylation is 2. The first-order chi connectivity index (χ1) is 11.6. The summed E-state index contributed by atoms with van der Waals surface area (Å²) in [4.78, 5) is 25.9. The minimum absolute atomic E-state index is 0.111. The van der Waals surface area contributed by atoms with E-state index in [-0.39, 0.29) is 5.92 Å². The van der Waals surface area contributed by atoms with Crippen molar-refractivity contribution >= 4 is 22.6 Å². The lowest BCUT2D eigenvalue weighted by molar-refractivity contribution is -0.133. The highest BCUT2D eigenvalue weighted by Gasteiger charge is 2.33. The van der Waals surface area contributed by atoms with E-state index in [9.17, 15) is 4.79 Å². The van der Waals surface area contributed by atoms with Crippen molar-refractivity contribution in [2.75, 3.05) is 31.1 Å². The predicted octanol–water partition coefficient (Wildman–Crippen LogP) is 2.70. The van der Waals surface area contributed by atoms with Crippen molar-refractivity contribution in [3.05, 3.63) is 29.6 Å². The molecule has 0 N–H and O–H groups in total. The Labute approximate surface area is 142 Å². The van der Waals surface area contributed by atoms with Gasteiger partial charge in [-0.3, -0.25) is 4.79 Å². The summed E-state index contributed by atoms with van der Waals surface area (Å²) >= 11 is 0. The molecule has 5 heteroatoms. The number of rotatable bonds is 2. The van der Waals surface area contributed by atoms with Crippen LogP contribution in [0.15, 0.2) is 18.5 Å². The molecule has 4 rings (SSSR count). The van der Waals surface area contributed by atoms with E-state index in [0.29, 0.717) is 5.91 Å². The monoisotopic (exact) mass is 324 g/mol. The molecule has 0 bridgehead atoms. The Kier molecular flexibility index (Phi) is 3.87. The van der Waals surface area contributed by atoms with E-state index in [1.165, 1.54) is 11.1 Å². The zero-order valence-electron chi connectivity index (χ0n) is 14.5. The molecule has 2 fully saturated rings. The lowest BCUT2D eigenvalue weighted by Gasteiger charge is -2.22. The van der Waals surface area contributed by atoms with Crippen molar-refractivity contribution in [3.63, 3.8) is 0 Å². The SMILES string of the molecule is Cc1cc2ncnc(N3CCC(C(=O)N4CCCC4)C3)c2cc1C. The van der Waals surface area contributed by atoms with E-state index >= 15 is 0 Å². The zero-order valence-corrected chi connectivity index (χ0v) is 14.5. The van der Waals surface area contributed by atoms with Gasteiger partial charge in [0, 0.05) is 31.6 Å². The van der Waals surface area contributed by atoms with Crippen LogP contribution in [-0.4, -0.2) is 47.0 Å². The number of hydrogen-bond donors (Lipinski definition) is 0. The Hall–Kier alpha value is -2.17. The first-order valence-electron chi connectivity index (χ1n) is 8.89. The van der Waals surface area contributed by atoms with Gasteiger partial charge in [-0.05, 0) is 56.4 Å². The van der Waals surface area contributed by atoms with Crippen LogP contribution in [0.4, 0.5) is 5.82 Å². The van der Waals surface area contributed by atoms with Crippen molar-refractivity contribution in [2.45, 2.75) is 33.1 Å². The molecule has 1 aromatic carbocycles. The molecule has 2 aromatic rings. The highest BCUT2D eigenvalue weighted by molar-refractivity contribution is 5.91. The molecule has 0 spiro atoms. The van der Waals surface area contributed by atoms with Crippen LogP contribution < -0.4 is 4.90 Å². The molecule has 1 atom stereocenters. The quantitative estimate of drug-likeness (QED) is 0.852. The Morgan fingerprint density at radius 2 is 1.83 bits per heavy atom. The van der Waals surface area contributed by atoms with Gasteiger partial charge in [-0.1, -0.05) is 0 Å². The van der Waals surface area contributed by atoms with Crippen LogP contribution in [0.5, 0.6) is 0 Å². The van der Waals surface area contributed by atoms with E-state index in [4.69, 9.17) is 0 Å². The number of fused-ring (bicyclic) bond motifs is 1. The van der Waals surface area contributed by atoms with Gasteiger partial charge in [-0.2, -0.15) is 0 Å². The third-order valence-electron chi connectivity index (χ3n) is 5.48. The molecule has 24 heavy (non-hydrogen) atoms. The van der Waals surface area contributed by atoms with E-state index in [1.54, 1.807) is 6.33 Å². The lowest BCUT2D eigenvalue weighted by atomic mass is 10.1. The Bertz CT molecular complexity index is 782. The van der Waals surface area contributed by atoms with Crippen molar-refractivity contribution in [1.29, 1.82) is 0 Å². The highest BCUT2D eigenvalue weighted by Crippen LogP contribution is 2.30. The van der Waals surface area contributed by atoms with Gasteiger partial charge >= 0.3 is 0 Å². The van der Waals surface area contributed by atoms with Crippen LogP contribution in [0.3, 0.4) is 0 Å². The first-order valence-corrected chi connectivity index (χ1v) is 8.89. The number of amides is 1. The molecule has 0 aliphatic carbocycles. The molecule has 5 nitrogen and oxygen atoms in total. The molecule has 2 aliphatic heterocycles. The number of likely N-dealkylation sites (tertiary alicyclic amines) is 1. The molecule has 1 amide bonds. The average Bonchev–Trinajstić information content (AvgIpc) is 3.27. The van der Waals surface area contributed by atoms with Crippen LogP contribution >= 0.6 is 0 Å². The summed E-state index contributed by atoms with van der Waals surface area (Å²) in [6, 6.07) is 4.30. The second-order valence-corrected chi connectivity index (χ2v) is 7.11. The normalized spacial score (nSPS) is 21.0. The summed E-state index contributed by atoms with van der Waals surface area (Å²) in [6.45, 7) is 7.76. The third-order valence-corrected chi connectivity index (χ3v) is 5.48. The van der Waals surface area contributed by atoms with E-state index in [1.807, 2.05) is 4.90 Å². The van der Waals surface area contributed by atoms with Crippen LogP contribution in [0, 0.1) is 19.8 Å².